The van der Waals surface area contributed by atoms with Crippen LogP contribution in [0.2, 0.25) is 0 Å². The molecule has 0 amide bonds. The lowest BCUT2D eigenvalue weighted by atomic mass is 9.82. The monoisotopic (exact) mass is 562 g/mol. The van der Waals surface area contributed by atoms with Gasteiger partial charge in [-0.2, -0.15) is 10.5 Å². The highest BCUT2D eigenvalue weighted by atomic mass is 127. The van der Waals surface area contributed by atoms with E-state index in [2.05, 4.69) is 34.7 Å². The predicted molar refractivity (Wildman–Crippen MR) is 124 cm³/mol. The van der Waals surface area contributed by atoms with Crippen LogP contribution >= 0.6 is 22.6 Å². The molecule has 6 atom stereocenters. The Labute approximate surface area is 204 Å². The summed E-state index contributed by atoms with van der Waals surface area (Å²) in [6.07, 6.45) is 0.464. The fourth-order valence-corrected chi connectivity index (χ4v) is 5.78. The molecule has 0 unspecified atom stereocenters. The fourth-order valence-electron chi connectivity index (χ4n) is 5.28. The van der Waals surface area contributed by atoms with E-state index in [9.17, 15) is 10.5 Å². The van der Waals surface area contributed by atoms with Crippen molar-refractivity contribution in [2.24, 2.45) is 0 Å². The Morgan fingerprint density at radius 1 is 0.750 bits per heavy atom. The molecule has 0 N–H and O–H groups in total. The van der Waals surface area contributed by atoms with Gasteiger partial charge >= 0.3 is 0 Å². The minimum Gasteiger partial charge on any atom is -0.347 e. The van der Waals surface area contributed by atoms with Crippen LogP contribution in [0.4, 0.5) is 0 Å². The van der Waals surface area contributed by atoms with Crippen molar-refractivity contribution >= 4 is 22.6 Å². The highest BCUT2D eigenvalue weighted by molar-refractivity contribution is 14.1. The molecule has 0 bridgehead atoms. The van der Waals surface area contributed by atoms with Gasteiger partial charge in [-0.1, -0.05) is 22.6 Å². The predicted octanol–water partition coefficient (Wildman–Crippen LogP) is 4.35. The van der Waals surface area contributed by atoms with E-state index in [1.807, 2.05) is 34.6 Å². The standard InChI is InChI=1S/C23H35IN2O6/c1-15-18(30-19(2,3)27-15)11-23(14-26)9-16(28-20(4,5)32-23)8-22(13-25)10-17(12-24)29-21(6,7)31-22/h15-18H,8-12H2,1-7H3/t15-,16+,17-,18-,22+,23-/m0/s1. The largest absolute Gasteiger partial charge is 0.347 e. The summed E-state index contributed by atoms with van der Waals surface area (Å²) in [4.78, 5) is 0. The van der Waals surface area contributed by atoms with Gasteiger partial charge in [0.05, 0.1) is 36.6 Å². The Morgan fingerprint density at radius 2 is 1.25 bits per heavy atom. The second-order valence-electron chi connectivity index (χ2n) is 10.5. The number of hydrogen-bond donors (Lipinski definition) is 0. The number of nitriles is 2. The van der Waals surface area contributed by atoms with Gasteiger partial charge in [0.2, 0.25) is 0 Å². The van der Waals surface area contributed by atoms with E-state index in [0.717, 1.165) is 4.43 Å². The molecular formula is C23H35IN2O6. The van der Waals surface area contributed by atoms with Crippen molar-refractivity contribution in [3.8, 4) is 12.1 Å². The Balaban J connectivity index is 1.83. The van der Waals surface area contributed by atoms with E-state index in [-0.39, 0.29) is 18.3 Å². The molecule has 0 aromatic rings. The highest BCUT2D eigenvalue weighted by Gasteiger charge is 2.54. The zero-order valence-electron chi connectivity index (χ0n) is 20.1. The third kappa shape index (κ3) is 5.93. The number of rotatable bonds is 5. The molecule has 0 aromatic heterocycles. The summed E-state index contributed by atoms with van der Waals surface area (Å²) in [5.74, 6) is -2.59. The van der Waals surface area contributed by atoms with Gasteiger partial charge in [0.1, 0.15) is 0 Å². The zero-order chi connectivity index (χ0) is 24.0. The average Bonchev–Trinajstić information content (AvgIpc) is 2.89. The summed E-state index contributed by atoms with van der Waals surface area (Å²) in [6.45, 7) is 12.9. The van der Waals surface area contributed by atoms with Crippen LogP contribution in [-0.2, 0) is 28.4 Å². The van der Waals surface area contributed by atoms with Gasteiger partial charge in [0, 0.05) is 30.1 Å². The molecule has 3 fully saturated rings. The molecule has 3 aliphatic heterocycles. The minimum atomic E-state index is -1.13. The SMILES string of the molecule is C[C@@H]1OC(C)(C)O[C@H]1C[C@]1(C#N)C[C@@H](C[C@]2(C#N)C[C@@H](CI)OC(C)(C)O2)OC(C)(C)O1. The number of hydrogen-bond acceptors (Lipinski definition) is 8. The van der Waals surface area contributed by atoms with Gasteiger partial charge in [-0.25, -0.2) is 0 Å². The molecule has 0 aromatic carbocycles. The van der Waals surface area contributed by atoms with Crippen LogP contribution in [0.15, 0.2) is 0 Å². The van der Waals surface area contributed by atoms with Crippen molar-refractivity contribution in [1.29, 1.82) is 10.5 Å². The minimum absolute atomic E-state index is 0.0975. The summed E-state index contributed by atoms with van der Waals surface area (Å²) in [7, 11) is 0. The molecule has 0 spiro atoms. The number of ether oxygens (including phenoxy) is 6. The van der Waals surface area contributed by atoms with E-state index in [1.54, 1.807) is 13.8 Å². The van der Waals surface area contributed by atoms with Crippen molar-refractivity contribution < 1.29 is 28.4 Å². The first-order valence-corrected chi connectivity index (χ1v) is 12.7. The number of nitrogens with zero attached hydrogens (tertiary/aromatic N) is 2. The fraction of sp³-hybridized carbons (Fsp3) is 0.913. The van der Waals surface area contributed by atoms with E-state index in [4.69, 9.17) is 28.4 Å². The second-order valence-corrected chi connectivity index (χ2v) is 11.4. The highest BCUT2D eigenvalue weighted by Crippen LogP contribution is 2.45. The molecule has 8 nitrogen and oxygen atoms in total. The zero-order valence-corrected chi connectivity index (χ0v) is 22.2. The third-order valence-corrected chi connectivity index (χ3v) is 6.98. The first kappa shape index (κ1) is 26.1. The van der Waals surface area contributed by atoms with Crippen LogP contribution in [0.5, 0.6) is 0 Å². The molecular weight excluding hydrogens is 527 g/mol. The maximum atomic E-state index is 10.2. The van der Waals surface area contributed by atoms with Gasteiger partial charge in [0.15, 0.2) is 28.6 Å². The van der Waals surface area contributed by atoms with Crippen LogP contribution in [0.3, 0.4) is 0 Å². The van der Waals surface area contributed by atoms with E-state index < -0.39 is 34.7 Å². The Hall–Kier alpha value is -0.530. The van der Waals surface area contributed by atoms with E-state index in [0.29, 0.717) is 25.7 Å². The summed E-state index contributed by atoms with van der Waals surface area (Å²) in [5.41, 5.74) is -2.20. The molecule has 9 heteroatoms. The van der Waals surface area contributed by atoms with Gasteiger partial charge in [-0.15, -0.1) is 0 Å². The maximum Gasteiger partial charge on any atom is 0.165 e. The average molecular weight is 562 g/mol. The Bertz CT molecular complexity index is 790. The van der Waals surface area contributed by atoms with Crippen molar-refractivity contribution in [3.05, 3.63) is 0 Å². The first-order valence-electron chi connectivity index (χ1n) is 11.2. The molecule has 0 radical (unpaired) electrons. The van der Waals surface area contributed by atoms with Crippen LogP contribution < -0.4 is 0 Å². The van der Waals surface area contributed by atoms with Gasteiger partial charge < -0.3 is 28.4 Å². The van der Waals surface area contributed by atoms with Crippen molar-refractivity contribution in [3.63, 3.8) is 0 Å². The molecule has 180 valence electrons. The van der Waals surface area contributed by atoms with Gasteiger partial charge in [-0.3, -0.25) is 0 Å². The Kier molecular flexibility index (Phi) is 7.27. The van der Waals surface area contributed by atoms with Crippen LogP contribution in [0.1, 0.15) is 74.1 Å². The number of halogens is 1. The number of alkyl halides is 1. The van der Waals surface area contributed by atoms with Crippen molar-refractivity contribution in [2.75, 3.05) is 4.43 Å². The first-order chi connectivity index (χ1) is 14.7. The lowest BCUT2D eigenvalue weighted by molar-refractivity contribution is -0.347. The molecule has 3 rings (SSSR count). The Morgan fingerprint density at radius 3 is 1.72 bits per heavy atom. The van der Waals surface area contributed by atoms with Crippen molar-refractivity contribution in [2.45, 2.75) is 127 Å². The van der Waals surface area contributed by atoms with Gasteiger partial charge in [0.25, 0.3) is 0 Å². The normalized spacial score (nSPS) is 42.7. The second kappa shape index (κ2) is 8.92. The van der Waals surface area contributed by atoms with E-state index in [1.165, 1.54) is 0 Å². The maximum absolute atomic E-state index is 10.2. The molecule has 3 aliphatic rings. The topological polar surface area (TPSA) is 103 Å². The molecule has 0 aliphatic carbocycles. The summed E-state index contributed by atoms with van der Waals surface area (Å²) < 4.78 is 37.2. The summed E-state index contributed by atoms with van der Waals surface area (Å²) in [5, 5.41) is 20.4. The molecule has 0 saturated carbocycles. The quantitative estimate of drug-likeness (QED) is 0.360. The van der Waals surface area contributed by atoms with Crippen LogP contribution in [0, 0.1) is 22.7 Å². The van der Waals surface area contributed by atoms with Crippen LogP contribution in [0.25, 0.3) is 0 Å². The lowest BCUT2D eigenvalue weighted by Crippen LogP contribution is -2.58. The van der Waals surface area contributed by atoms with E-state index >= 15 is 0 Å². The smallest absolute Gasteiger partial charge is 0.165 e. The molecule has 3 heterocycles. The molecule has 3 saturated heterocycles. The lowest BCUT2D eigenvalue weighted by Gasteiger charge is -2.49. The van der Waals surface area contributed by atoms with Crippen molar-refractivity contribution in [1.82, 2.24) is 0 Å². The van der Waals surface area contributed by atoms with Crippen LogP contribution in [-0.4, -0.2) is 57.4 Å². The van der Waals surface area contributed by atoms with Gasteiger partial charge in [-0.05, 0) is 48.5 Å². The third-order valence-electron chi connectivity index (χ3n) is 5.99. The summed E-state index contributed by atoms with van der Waals surface area (Å²) in [6, 6.07) is 4.79. The molecule has 32 heavy (non-hydrogen) atoms. The summed E-state index contributed by atoms with van der Waals surface area (Å²) >= 11 is 2.27.